The summed E-state index contributed by atoms with van der Waals surface area (Å²) in [4.78, 5) is 6.98. The van der Waals surface area contributed by atoms with E-state index in [2.05, 4.69) is 50.3 Å². The molecule has 0 aromatic heterocycles. The van der Waals surface area contributed by atoms with Crippen molar-refractivity contribution in [2.45, 2.75) is 52.5 Å². The lowest BCUT2D eigenvalue weighted by molar-refractivity contribution is 0.0625. The molecule has 1 aliphatic heterocycles. The minimum Gasteiger partial charge on any atom is -0.381 e. The third-order valence-electron chi connectivity index (χ3n) is 3.94. The number of ether oxygens (including phenoxy) is 1. The molecule has 5 heteroatoms. The first-order valence-electron chi connectivity index (χ1n) is 8.74. The fourth-order valence-electron chi connectivity index (χ4n) is 2.58. The molecule has 5 nitrogen and oxygen atoms in total. The van der Waals surface area contributed by atoms with E-state index in [-0.39, 0.29) is 5.54 Å². The van der Waals surface area contributed by atoms with Gasteiger partial charge < -0.3 is 20.3 Å². The van der Waals surface area contributed by atoms with Crippen LogP contribution >= 0.6 is 0 Å². The molecular weight excluding hydrogens is 276 g/mol. The molecule has 130 valence electrons. The molecule has 1 saturated heterocycles. The van der Waals surface area contributed by atoms with Gasteiger partial charge in [-0.1, -0.05) is 0 Å². The second-order valence-electron chi connectivity index (χ2n) is 7.18. The zero-order valence-electron chi connectivity index (χ0n) is 15.2. The van der Waals surface area contributed by atoms with Crippen molar-refractivity contribution >= 4 is 5.96 Å². The highest BCUT2D eigenvalue weighted by Crippen LogP contribution is 2.18. The van der Waals surface area contributed by atoms with Crippen LogP contribution in [0.3, 0.4) is 0 Å². The van der Waals surface area contributed by atoms with Crippen LogP contribution in [0.2, 0.25) is 0 Å². The van der Waals surface area contributed by atoms with E-state index in [4.69, 9.17) is 9.73 Å². The van der Waals surface area contributed by atoms with E-state index < -0.39 is 0 Å². The van der Waals surface area contributed by atoms with Crippen LogP contribution in [-0.2, 0) is 4.74 Å². The molecule has 0 unspecified atom stereocenters. The second-order valence-corrected chi connectivity index (χ2v) is 7.18. The quantitative estimate of drug-likeness (QED) is 0.429. The Kier molecular flexibility index (Phi) is 8.79. The lowest BCUT2D eigenvalue weighted by Crippen LogP contribution is -2.41. The van der Waals surface area contributed by atoms with Crippen molar-refractivity contribution < 1.29 is 4.74 Å². The first kappa shape index (κ1) is 19.2. The van der Waals surface area contributed by atoms with Crippen molar-refractivity contribution in [2.75, 3.05) is 46.4 Å². The van der Waals surface area contributed by atoms with Gasteiger partial charge in [0.1, 0.15) is 0 Å². The highest BCUT2D eigenvalue weighted by molar-refractivity contribution is 5.79. The van der Waals surface area contributed by atoms with E-state index in [1.54, 1.807) is 0 Å². The summed E-state index contributed by atoms with van der Waals surface area (Å²) in [7, 11) is 2.14. The van der Waals surface area contributed by atoms with Crippen LogP contribution in [0.4, 0.5) is 0 Å². The Labute approximate surface area is 136 Å². The molecule has 0 aromatic rings. The van der Waals surface area contributed by atoms with Crippen molar-refractivity contribution in [3.05, 3.63) is 0 Å². The summed E-state index contributed by atoms with van der Waals surface area (Å²) in [5.74, 6) is 1.83. The number of nitrogens with one attached hydrogen (secondary N) is 2. The van der Waals surface area contributed by atoms with Crippen LogP contribution in [0.1, 0.15) is 47.0 Å². The zero-order chi connectivity index (χ0) is 16.4. The normalized spacial score (nSPS) is 17.6. The molecule has 1 aliphatic rings. The molecule has 1 fully saturated rings. The van der Waals surface area contributed by atoms with E-state index in [9.17, 15) is 0 Å². The molecule has 22 heavy (non-hydrogen) atoms. The Morgan fingerprint density at radius 1 is 1.27 bits per heavy atom. The summed E-state index contributed by atoms with van der Waals surface area (Å²) in [6.07, 6.45) is 3.64. The lowest BCUT2D eigenvalue weighted by Gasteiger charge is -2.27. The van der Waals surface area contributed by atoms with E-state index in [1.165, 1.54) is 19.3 Å². The third-order valence-corrected chi connectivity index (χ3v) is 3.94. The van der Waals surface area contributed by atoms with Gasteiger partial charge in [0, 0.05) is 45.4 Å². The highest BCUT2D eigenvalue weighted by Gasteiger charge is 2.15. The number of hydrogen-bond donors (Lipinski definition) is 2. The Morgan fingerprint density at radius 2 is 1.95 bits per heavy atom. The average Bonchev–Trinajstić information content (AvgIpc) is 2.48. The van der Waals surface area contributed by atoms with Crippen molar-refractivity contribution in [2.24, 2.45) is 10.9 Å². The molecule has 1 rings (SSSR count). The van der Waals surface area contributed by atoms with Crippen LogP contribution in [0.25, 0.3) is 0 Å². The number of rotatable bonds is 7. The molecule has 0 aromatic carbocycles. The summed E-state index contributed by atoms with van der Waals surface area (Å²) in [5, 5.41) is 6.87. The predicted octanol–water partition coefficient (Wildman–Crippen LogP) is 2.09. The van der Waals surface area contributed by atoms with Gasteiger partial charge in [-0.2, -0.15) is 0 Å². The molecule has 2 N–H and O–H groups in total. The van der Waals surface area contributed by atoms with Crippen LogP contribution in [-0.4, -0.2) is 62.8 Å². The van der Waals surface area contributed by atoms with Gasteiger partial charge in [-0.15, -0.1) is 0 Å². The summed E-state index contributed by atoms with van der Waals surface area (Å²) in [6.45, 7) is 14.2. The van der Waals surface area contributed by atoms with Crippen molar-refractivity contribution in [1.82, 2.24) is 15.5 Å². The first-order chi connectivity index (χ1) is 10.4. The van der Waals surface area contributed by atoms with Gasteiger partial charge in [-0.25, -0.2) is 0 Å². The average molecular weight is 313 g/mol. The monoisotopic (exact) mass is 312 g/mol. The van der Waals surface area contributed by atoms with Crippen molar-refractivity contribution in [3.8, 4) is 0 Å². The molecule has 0 amide bonds. The van der Waals surface area contributed by atoms with Gasteiger partial charge >= 0.3 is 0 Å². The number of nitrogens with zero attached hydrogens (tertiary/aromatic N) is 2. The molecule has 0 bridgehead atoms. The molecule has 0 radical (unpaired) electrons. The molecule has 0 atom stereocenters. The van der Waals surface area contributed by atoms with Crippen LogP contribution in [0.5, 0.6) is 0 Å². The predicted molar refractivity (Wildman–Crippen MR) is 94.5 cm³/mol. The first-order valence-corrected chi connectivity index (χ1v) is 8.74. The maximum absolute atomic E-state index is 5.43. The fourth-order valence-corrected chi connectivity index (χ4v) is 2.58. The van der Waals surface area contributed by atoms with Gasteiger partial charge in [-0.05, 0) is 52.9 Å². The SMILES string of the molecule is CCNC(=NCCNC(C)(C)C)N(C)CCC1CCOCC1. The maximum atomic E-state index is 5.43. The molecule has 0 aliphatic carbocycles. The lowest BCUT2D eigenvalue weighted by atomic mass is 9.96. The van der Waals surface area contributed by atoms with Gasteiger partial charge in [0.15, 0.2) is 5.96 Å². The summed E-state index contributed by atoms with van der Waals surface area (Å²) < 4.78 is 5.43. The molecule has 0 saturated carbocycles. The smallest absolute Gasteiger partial charge is 0.193 e. The largest absolute Gasteiger partial charge is 0.381 e. The minimum atomic E-state index is 0.156. The molecule has 0 spiro atoms. The highest BCUT2D eigenvalue weighted by atomic mass is 16.5. The molecule has 1 heterocycles. The maximum Gasteiger partial charge on any atom is 0.193 e. The summed E-state index contributed by atoms with van der Waals surface area (Å²) in [6, 6.07) is 0. The number of guanidine groups is 1. The Balaban J connectivity index is 2.35. The van der Waals surface area contributed by atoms with Gasteiger partial charge in [0.2, 0.25) is 0 Å². The van der Waals surface area contributed by atoms with E-state index in [0.29, 0.717) is 0 Å². The van der Waals surface area contributed by atoms with Crippen molar-refractivity contribution in [1.29, 1.82) is 0 Å². The third kappa shape index (κ3) is 8.59. The van der Waals surface area contributed by atoms with E-state index >= 15 is 0 Å². The standard InChI is InChI=1S/C17H36N4O/c1-6-18-16(19-10-11-20-17(2,3)4)21(5)12-7-15-8-13-22-14-9-15/h15,20H,6-14H2,1-5H3,(H,18,19). The van der Waals surface area contributed by atoms with E-state index in [0.717, 1.165) is 51.3 Å². The van der Waals surface area contributed by atoms with E-state index in [1.807, 2.05) is 0 Å². The van der Waals surface area contributed by atoms with Crippen LogP contribution < -0.4 is 10.6 Å². The Morgan fingerprint density at radius 3 is 2.55 bits per heavy atom. The number of aliphatic imine (C=N–C) groups is 1. The molecular formula is C17H36N4O. The van der Waals surface area contributed by atoms with Gasteiger partial charge in [-0.3, -0.25) is 4.99 Å². The summed E-state index contributed by atoms with van der Waals surface area (Å²) >= 11 is 0. The van der Waals surface area contributed by atoms with Crippen LogP contribution in [0.15, 0.2) is 4.99 Å². The Bertz CT molecular complexity index is 319. The Hall–Kier alpha value is -0.810. The van der Waals surface area contributed by atoms with Crippen LogP contribution in [0, 0.1) is 5.92 Å². The number of hydrogen-bond acceptors (Lipinski definition) is 3. The minimum absolute atomic E-state index is 0.156. The topological polar surface area (TPSA) is 48.9 Å². The second kappa shape index (κ2) is 10.1. The van der Waals surface area contributed by atoms with Gasteiger partial charge in [0.25, 0.3) is 0 Å². The zero-order valence-corrected chi connectivity index (χ0v) is 15.2. The fraction of sp³-hybridized carbons (Fsp3) is 0.941. The van der Waals surface area contributed by atoms with Gasteiger partial charge in [0.05, 0.1) is 6.54 Å². The van der Waals surface area contributed by atoms with Crippen molar-refractivity contribution in [3.63, 3.8) is 0 Å². The summed E-state index contributed by atoms with van der Waals surface area (Å²) in [5.41, 5.74) is 0.156.